The number of methoxy groups -OCH3 is 1. The summed E-state index contributed by atoms with van der Waals surface area (Å²) in [6.07, 6.45) is 1.86. The second-order valence-electron chi connectivity index (χ2n) is 4.55. The van der Waals surface area contributed by atoms with Crippen LogP contribution in [0.15, 0.2) is 35.3 Å². The third-order valence-corrected chi connectivity index (χ3v) is 2.75. The third kappa shape index (κ3) is 8.92. The molecule has 0 spiro atoms. The highest BCUT2D eigenvalue weighted by atomic mass is 16.5. The number of hydrogen-bond donors (Lipinski definition) is 2. The summed E-state index contributed by atoms with van der Waals surface area (Å²) in [5.41, 5.74) is 0. The second-order valence-corrected chi connectivity index (χ2v) is 4.55. The Balaban J connectivity index is 2.17. The largest absolute Gasteiger partial charge is 0.494 e. The molecule has 1 aromatic carbocycles. The molecule has 0 heterocycles. The fraction of sp³-hybridized carbons (Fsp3) is 0.562. The van der Waals surface area contributed by atoms with Crippen LogP contribution in [0.4, 0.5) is 0 Å². The molecule has 0 bridgehead atoms. The van der Waals surface area contributed by atoms with Crippen molar-refractivity contribution in [2.45, 2.75) is 19.8 Å². The average Bonchev–Trinajstić information content (AvgIpc) is 2.52. The van der Waals surface area contributed by atoms with Crippen molar-refractivity contribution < 1.29 is 9.47 Å². The summed E-state index contributed by atoms with van der Waals surface area (Å²) >= 11 is 0. The SMILES string of the molecule is CCNC(=NCCCOc1ccccc1)NCCCOC. The maximum Gasteiger partial charge on any atom is 0.191 e. The Labute approximate surface area is 127 Å². The number of rotatable bonds is 10. The van der Waals surface area contributed by atoms with E-state index < -0.39 is 0 Å². The van der Waals surface area contributed by atoms with E-state index in [0.29, 0.717) is 6.61 Å². The number of para-hydroxylation sites is 1. The lowest BCUT2D eigenvalue weighted by Gasteiger charge is -2.11. The van der Waals surface area contributed by atoms with Crippen molar-refractivity contribution in [2.24, 2.45) is 4.99 Å². The molecule has 21 heavy (non-hydrogen) atoms. The fourth-order valence-electron chi connectivity index (χ4n) is 1.73. The molecule has 118 valence electrons. The number of nitrogens with one attached hydrogen (secondary N) is 2. The van der Waals surface area contributed by atoms with Gasteiger partial charge in [0, 0.05) is 39.8 Å². The van der Waals surface area contributed by atoms with E-state index in [1.807, 2.05) is 30.3 Å². The first-order valence-electron chi connectivity index (χ1n) is 7.55. The summed E-state index contributed by atoms with van der Waals surface area (Å²) in [7, 11) is 1.71. The van der Waals surface area contributed by atoms with Crippen molar-refractivity contribution >= 4 is 5.96 Å². The molecule has 0 amide bonds. The highest BCUT2D eigenvalue weighted by molar-refractivity contribution is 5.79. The normalized spacial score (nSPS) is 11.2. The van der Waals surface area contributed by atoms with Crippen LogP contribution in [-0.4, -0.2) is 45.9 Å². The van der Waals surface area contributed by atoms with Crippen molar-refractivity contribution in [3.63, 3.8) is 0 Å². The van der Waals surface area contributed by atoms with Crippen LogP contribution in [-0.2, 0) is 4.74 Å². The van der Waals surface area contributed by atoms with Gasteiger partial charge in [-0.1, -0.05) is 18.2 Å². The highest BCUT2D eigenvalue weighted by Gasteiger charge is 1.96. The molecule has 5 heteroatoms. The van der Waals surface area contributed by atoms with E-state index in [-0.39, 0.29) is 0 Å². The van der Waals surface area contributed by atoms with Gasteiger partial charge in [-0.05, 0) is 25.5 Å². The lowest BCUT2D eigenvalue weighted by molar-refractivity contribution is 0.195. The van der Waals surface area contributed by atoms with Gasteiger partial charge in [0.25, 0.3) is 0 Å². The van der Waals surface area contributed by atoms with Crippen LogP contribution >= 0.6 is 0 Å². The van der Waals surface area contributed by atoms with Gasteiger partial charge in [0.1, 0.15) is 5.75 Å². The van der Waals surface area contributed by atoms with Gasteiger partial charge in [0.2, 0.25) is 0 Å². The molecule has 0 radical (unpaired) electrons. The van der Waals surface area contributed by atoms with Crippen molar-refractivity contribution in [1.82, 2.24) is 10.6 Å². The molecule has 2 N–H and O–H groups in total. The molecule has 0 unspecified atom stereocenters. The summed E-state index contributed by atoms with van der Waals surface area (Å²) in [6.45, 7) is 5.96. The number of nitrogens with zero attached hydrogens (tertiary/aromatic N) is 1. The van der Waals surface area contributed by atoms with Crippen LogP contribution in [0.3, 0.4) is 0 Å². The summed E-state index contributed by atoms with van der Waals surface area (Å²) in [6, 6.07) is 9.85. The second kappa shape index (κ2) is 12.0. The lowest BCUT2D eigenvalue weighted by atomic mass is 10.3. The van der Waals surface area contributed by atoms with Crippen LogP contribution in [0.1, 0.15) is 19.8 Å². The molecule has 0 aliphatic heterocycles. The first kappa shape index (κ1) is 17.3. The van der Waals surface area contributed by atoms with E-state index in [1.165, 1.54) is 0 Å². The molecule has 0 aromatic heterocycles. The predicted octanol–water partition coefficient (Wildman–Crippen LogP) is 2.05. The molecule has 0 aliphatic carbocycles. The van der Waals surface area contributed by atoms with Crippen LogP contribution in [0, 0.1) is 0 Å². The first-order chi connectivity index (χ1) is 10.4. The Bertz CT molecular complexity index is 382. The minimum atomic E-state index is 0.677. The third-order valence-electron chi connectivity index (χ3n) is 2.75. The maximum atomic E-state index is 5.63. The molecule has 0 aliphatic rings. The summed E-state index contributed by atoms with van der Waals surface area (Å²) in [5, 5.41) is 6.51. The van der Waals surface area contributed by atoms with Crippen molar-refractivity contribution in [3.05, 3.63) is 30.3 Å². The van der Waals surface area contributed by atoms with Crippen LogP contribution in [0.5, 0.6) is 5.75 Å². The number of hydrogen-bond acceptors (Lipinski definition) is 3. The molecule has 0 saturated heterocycles. The first-order valence-corrected chi connectivity index (χ1v) is 7.55. The fourth-order valence-corrected chi connectivity index (χ4v) is 1.73. The van der Waals surface area contributed by atoms with Crippen molar-refractivity contribution in [1.29, 1.82) is 0 Å². The Hall–Kier alpha value is -1.75. The number of aliphatic imine (C=N–C) groups is 1. The smallest absolute Gasteiger partial charge is 0.191 e. The van der Waals surface area contributed by atoms with Gasteiger partial charge in [0.15, 0.2) is 5.96 Å². The number of benzene rings is 1. The van der Waals surface area contributed by atoms with Crippen LogP contribution in [0.2, 0.25) is 0 Å². The van der Waals surface area contributed by atoms with Crippen molar-refractivity contribution in [2.75, 3.05) is 40.0 Å². The molecular formula is C16H27N3O2. The summed E-state index contributed by atoms with van der Waals surface area (Å²) in [5.74, 6) is 1.76. The Morgan fingerprint density at radius 2 is 1.90 bits per heavy atom. The zero-order chi connectivity index (χ0) is 15.2. The van der Waals surface area contributed by atoms with Crippen LogP contribution < -0.4 is 15.4 Å². The van der Waals surface area contributed by atoms with E-state index in [0.717, 1.165) is 50.8 Å². The molecular weight excluding hydrogens is 266 g/mol. The van der Waals surface area contributed by atoms with Gasteiger partial charge in [-0.25, -0.2) is 0 Å². The van der Waals surface area contributed by atoms with E-state index >= 15 is 0 Å². The topological polar surface area (TPSA) is 54.9 Å². The van der Waals surface area contributed by atoms with Gasteiger partial charge in [-0.2, -0.15) is 0 Å². The van der Waals surface area contributed by atoms with E-state index in [9.17, 15) is 0 Å². The predicted molar refractivity (Wildman–Crippen MR) is 87.0 cm³/mol. The van der Waals surface area contributed by atoms with Crippen molar-refractivity contribution in [3.8, 4) is 5.75 Å². The van der Waals surface area contributed by atoms with E-state index in [1.54, 1.807) is 7.11 Å². The standard InChI is InChI=1S/C16H27N3O2/c1-3-17-16(18-11-7-13-20-2)19-12-8-14-21-15-9-5-4-6-10-15/h4-6,9-10H,3,7-8,11-14H2,1-2H3,(H2,17,18,19). The average molecular weight is 293 g/mol. The number of guanidine groups is 1. The Morgan fingerprint density at radius 1 is 1.10 bits per heavy atom. The van der Waals surface area contributed by atoms with Gasteiger partial charge in [-0.15, -0.1) is 0 Å². The molecule has 1 aromatic rings. The van der Waals surface area contributed by atoms with Gasteiger partial charge >= 0.3 is 0 Å². The minimum absolute atomic E-state index is 0.677. The van der Waals surface area contributed by atoms with E-state index in [2.05, 4.69) is 22.5 Å². The Kier molecular flexibility index (Phi) is 9.91. The lowest BCUT2D eigenvalue weighted by Crippen LogP contribution is -2.38. The Morgan fingerprint density at radius 3 is 2.62 bits per heavy atom. The molecule has 0 fully saturated rings. The maximum absolute atomic E-state index is 5.63. The molecule has 0 saturated carbocycles. The number of ether oxygens (including phenoxy) is 2. The summed E-state index contributed by atoms with van der Waals surface area (Å²) < 4.78 is 10.7. The summed E-state index contributed by atoms with van der Waals surface area (Å²) in [4.78, 5) is 4.52. The zero-order valence-electron chi connectivity index (χ0n) is 13.1. The van der Waals surface area contributed by atoms with Crippen LogP contribution in [0.25, 0.3) is 0 Å². The zero-order valence-corrected chi connectivity index (χ0v) is 13.1. The van der Waals surface area contributed by atoms with Gasteiger partial charge in [-0.3, -0.25) is 4.99 Å². The monoisotopic (exact) mass is 293 g/mol. The quantitative estimate of drug-likeness (QED) is 0.394. The van der Waals surface area contributed by atoms with Gasteiger partial charge < -0.3 is 20.1 Å². The minimum Gasteiger partial charge on any atom is -0.494 e. The van der Waals surface area contributed by atoms with Gasteiger partial charge in [0.05, 0.1) is 6.61 Å². The molecule has 1 rings (SSSR count). The highest BCUT2D eigenvalue weighted by Crippen LogP contribution is 2.08. The molecule has 5 nitrogen and oxygen atoms in total. The van der Waals surface area contributed by atoms with E-state index in [4.69, 9.17) is 9.47 Å². The molecule has 0 atom stereocenters.